The fourth-order valence-corrected chi connectivity index (χ4v) is 4.86. The first-order valence-corrected chi connectivity index (χ1v) is 15.8. The first-order chi connectivity index (χ1) is 19.3. The van der Waals surface area contributed by atoms with E-state index in [-0.39, 0.29) is 5.56 Å². The average Bonchev–Trinajstić information content (AvgIpc) is 2.92. The lowest BCUT2D eigenvalue weighted by Crippen LogP contribution is -2.25. The van der Waals surface area contributed by atoms with Gasteiger partial charge in [-0.2, -0.15) is 0 Å². The van der Waals surface area contributed by atoms with Gasteiger partial charge >= 0.3 is 0 Å². The highest BCUT2D eigenvalue weighted by Gasteiger charge is 2.21. The van der Waals surface area contributed by atoms with Crippen LogP contribution in [0.2, 0.25) is 0 Å². The molecule has 1 aromatic carbocycles. The van der Waals surface area contributed by atoms with Gasteiger partial charge in [0.25, 0.3) is 5.56 Å². The van der Waals surface area contributed by atoms with Crippen LogP contribution >= 0.6 is 0 Å². The molecule has 40 heavy (non-hydrogen) atoms. The molecule has 224 valence electrons. The molecule has 1 unspecified atom stereocenters. The van der Waals surface area contributed by atoms with Gasteiger partial charge in [0, 0.05) is 24.2 Å². The summed E-state index contributed by atoms with van der Waals surface area (Å²) in [7, 11) is 0. The number of aryl methyl sites for hydroxylation is 1. The average molecular weight is 553 g/mol. The molecule has 2 aromatic rings. The minimum atomic E-state index is -0.0830. The first kappa shape index (κ1) is 33.5. The van der Waals surface area contributed by atoms with E-state index >= 15 is 0 Å². The molecule has 0 saturated heterocycles. The second-order valence-electron chi connectivity index (χ2n) is 11.6. The largest absolute Gasteiger partial charge is 0.489 e. The van der Waals surface area contributed by atoms with Crippen molar-refractivity contribution in [1.29, 1.82) is 0 Å². The number of rotatable bonds is 20. The molecule has 1 heterocycles. The van der Waals surface area contributed by atoms with Gasteiger partial charge in [-0.15, -0.1) is 0 Å². The summed E-state index contributed by atoms with van der Waals surface area (Å²) in [4.78, 5) is 13.9. The van der Waals surface area contributed by atoms with E-state index in [1.54, 1.807) is 0 Å². The molecule has 0 spiro atoms. The highest BCUT2D eigenvalue weighted by Crippen LogP contribution is 2.35. The second kappa shape index (κ2) is 18.6. The summed E-state index contributed by atoms with van der Waals surface area (Å²) in [6.07, 6.45) is 15.3. The Kier molecular flexibility index (Phi) is 15.6. The fourth-order valence-electron chi connectivity index (χ4n) is 4.86. The number of nitrogens with zero attached hydrogens (tertiary/aromatic N) is 1. The Morgan fingerprint density at radius 3 is 2.42 bits per heavy atom. The van der Waals surface area contributed by atoms with Gasteiger partial charge in [-0.25, -0.2) is 0 Å². The Balaban J connectivity index is 2.42. The number of pyridine rings is 1. The highest BCUT2D eigenvalue weighted by atomic mass is 16.5. The minimum Gasteiger partial charge on any atom is -0.489 e. The molecule has 0 amide bonds. The lowest BCUT2D eigenvalue weighted by Gasteiger charge is -2.20. The summed E-state index contributed by atoms with van der Waals surface area (Å²) in [5, 5.41) is 4.49. The zero-order valence-corrected chi connectivity index (χ0v) is 26.5. The van der Waals surface area contributed by atoms with Crippen LogP contribution in [-0.2, 0) is 6.54 Å². The summed E-state index contributed by atoms with van der Waals surface area (Å²) >= 11 is 0. The molecule has 0 saturated carbocycles. The van der Waals surface area contributed by atoms with E-state index in [1.165, 1.54) is 24.0 Å². The zero-order valence-electron chi connectivity index (χ0n) is 26.5. The van der Waals surface area contributed by atoms with E-state index in [2.05, 4.69) is 84.1 Å². The lowest BCUT2D eigenvalue weighted by molar-refractivity contribution is 0.226. The van der Waals surface area contributed by atoms with Gasteiger partial charge in [0.15, 0.2) is 5.75 Å². The van der Waals surface area contributed by atoms with E-state index < -0.39 is 0 Å². The molecule has 2 rings (SSSR count). The van der Waals surface area contributed by atoms with Gasteiger partial charge in [0.05, 0.1) is 18.7 Å². The van der Waals surface area contributed by atoms with Crippen molar-refractivity contribution in [2.45, 2.75) is 119 Å². The maximum Gasteiger partial charge on any atom is 0.297 e. The number of allylic oxidation sites excluding steroid dienone is 3. The molecule has 5 heteroatoms. The molecule has 1 aromatic heterocycles. The lowest BCUT2D eigenvalue weighted by atomic mass is 10.1. The third kappa shape index (κ3) is 11.1. The number of aromatic nitrogens is 1. The predicted octanol–water partition coefficient (Wildman–Crippen LogP) is 9.68. The van der Waals surface area contributed by atoms with Crippen LogP contribution in [0, 0.1) is 5.92 Å². The van der Waals surface area contributed by atoms with Gasteiger partial charge in [-0.3, -0.25) is 4.79 Å². The number of unbranched alkanes of at least 4 members (excludes halogenated alkanes) is 4. The summed E-state index contributed by atoms with van der Waals surface area (Å²) in [6.45, 7) is 17.7. The van der Waals surface area contributed by atoms with Crippen molar-refractivity contribution in [3.05, 3.63) is 51.9 Å². The van der Waals surface area contributed by atoms with Crippen molar-refractivity contribution in [1.82, 2.24) is 4.57 Å². The summed E-state index contributed by atoms with van der Waals surface area (Å²) < 4.78 is 14.5. The molecule has 0 fully saturated rings. The van der Waals surface area contributed by atoms with Gasteiger partial charge in [-0.1, -0.05) is 83.1 Å². The molecule has 0 bridgehead atoms. The Labute approximate surface area is 244 Å². The number of ether oxygens (including phenoxy) is 2. The van der Waals surface area contributed by atoms with Crippen LogP contribution in [0.5, 0.6) is 11.5 Å². The molecule has 0 aliphatic carbocycles. The third-order valence-electron chi connectivity index (χ3n) is 7.30. The third-order valence-corrected chi connectivity index (χ3v) is 7.30. The Hall–Kier alpha value is -2.69. The first-order valence-electron chi connectivity index (χ1n) is 15.8. The van der Waals surface area contributed by atoms with Crippen LogP contribution in [0.3, 0.4) is 0 Å². The van der Waals surface area contributed by atoms with Crippen molar-refractivity contribution in [3.8, 4) is 11.5 Å². The van der Waals surface area contributed by atoms with Crippen molar-refractivity contribution >= 4 is 16.6 Å². The molecule has 0 aliphatic rings. The summed E-state index contributed by atoms with van der Waals surface area (Å²) in [6, 6.07) is 6.29. The summed E-state index contributed by atoms with van der Waals surface area (Å²) in [5.41, 5.74) is 4.57. The van der Waals surface area contributed by atoms with E-state index in [0.717, 1.165) is 74.5 Å². The van der Waals surface area contributed by atoms with Crippen LogP contribution in [0.4, 0.5) is 5.69 Å². The quantitative estimate of drug-likeness (QED) is 0.131. The second-order valence-corrected chi connectivity index (χ2v) is 11.6. The number of anilines is 1. The van der Waals surface area contributed by atoms with Gasteiger partial charge < -0.3 is 19.4 Å². The maximum atomic E-state index is 13.9. The van der Waals surface area contributed by atoms with E-state index in [4.69, 9.17) is 9.47 Å². The maximum absolute atomic E-state index is 13.9. The number of hydrogen-bond donors (Lipinski definition) is 1. The van der Waals surface area contributed by atoms with Crippen LogP contribution in [0.1, 0.15) is 113 Å². The molecule has 0 aliphatic heterocycles. The van der Waals surface area contributed by atoms with Crippen molar-refractivity contribution in [2.24, 2.45) is 5.92 Å². The Bertz CT molecular complexity index is 1140. The molecule has 5 nitrogen and oxygen atoms in total. The van der Waals surface area contributed by atoms with Crippen LogP contribution < -0.4 is 20.3 Å². The number of hydrogen-bond acceptors (Lipinski definition) is 4. The molecule has 1 N–H and O–H groups in total. The smallest absolute Gasteiger partial charge is 0.297 e. The predicted molar refractivity (Wildman–Crippen MR) is 173 cm³/mol. The number of benzene rings is 1. The Morgan fingerprint density at radius 2 is 1.73 bits per heavy atom. The van der Waals surface area contributed by atoms with E-state index in [0.29, 0.717) is 37.2 Å². The molecule has 0 radical (unpaired) electrons. The number of nitrogens with one attached hydrogen (secondary N) is 1. The van der Waals surface area contributed by atoms with E-state index in [1.807, 2.05) is 4.57 Å². The highest BCUT2D eigenvalue weighted by molar-refractivity contribution is 5.90. The topological polar surface area (TPSA) is 52.5 Å². The fraction of sp³-hybridized carbons (Fsp3) is 0.629. The van der Waals surface area contributed by atoms with Crippen LogP contribution in [0.25, 0.3) is 10.9 Å². The standard InChI is InChI=1S/C35H56N2O3/c1-8-11-13-14-24-39-33-31-20-19-30(36-22-21-28(6)18-15-17-27(4)5)25-32(31)37(23-12-9-2)35(38)34(33)40-26-29(7)16-10-3/h17,19-21,25,29,36H,8-16,18,22-24,26H2,1-7H3/b28-21+. The normalized spacial score (nSPS) is 12.4. The van der Waals surface area contributed by atoms with Gasteiger partial charge in [0.2, 0.25) is 5.75 Å². The monoisotopic (exact) mass is 552 g/mol. The van der Waals surface area contributed by atoms with Gasteiger partial charge in [0.1, 0.15) is 0 Å². The minimum absolute atomic E-state index is 0.0830. The zero-order chi connectivity index (χ0) is 29.3. The van der Waals surface area contributed by atoms with Crippen LogP contribution in [0.15, 0.2) is 46.3 Å². The van der Waals surface area contributed by atoms with Crippen molar-refractivity contribution in [3.63, 3.8) is 0 Å². The molecule has 1 atom stereocenters. The van der Waals surface area contributed by atoms with E-state index in [9.17, 15) is 4.79 Å². The Morgan fingerprint density at radius 1 is 0.950 bits per heavy atom. The SMILES string of the molecule is CCCCCCOc1c(OCC(C)CCC)c(=O)n(CCCC)c2cc(NC/C=C(\C)CCC=C(C)C)ccc12. The van der Waals surface area contributed by atoms with Crippen LogP contribution in [-0.4, -0.2) is 24.3 Å². The van der Waals surface area contributed by atoms with Gasteiger partial charge in [-0.05, 0) is 77.0 Å². The summed E-state index contributed by atoms with van der Waals surface area (Å²) in [5.74, 6) is 1.36. The van der Waals surface area contributed by atoms with Crippen molar-refractivity contribution < 1.29 is 9.47 Å². The van der Waals surface area contributed by atoms with Crippen molar-refractivity contribution in [2.75, 3.05) is 25.1 Å². The number of fused-ring (bicyclic) bond motifs is 1. The molecular weight excluding hydrogens is 496 g/mol. The molecular formula is C35H56N2O3.